The Balaban J connectivity index is 0.00000300. The number of ether oxygens (including phenoxy) is 1. The van der Waals surface area contributed by atoms with E-state index in [2.05, 4.69) is 10.1 Å². The third-order valence-corrected chi connectivity index (χ3v) is 5.55. The molecule has 0 saturated carbocycles. The van der Waals surface area contributed by atoms with Crippen LogP contribution in [0.5, 0.6) is 5.75 Å². The molecule has 2 aliphatic heterocycles. The Labute approximate surface area is 176 Å². The fraction of sp³-hybridized carbons (Fsp3) is 0.600. The van der Waals surface area contributed by atoms with E-state index in [1.54, 1.807) is 6.07 Å². The van der Waals surface area contributed by atoms with Crippen LogP contribution in [0.2, 0.25) is 0 Å². The topological polar surface area (TPSA) is 61.9 Å². The molecule has 1 aromatic rings. The van der Waals surface area contributed by atoms with E-state index in [0.717, 1.165) is 25.8 Å². The van der Waals surface area contributed by atoms with E-state index in [0.29, 0.717) is 32.0 Å². The summed E-state index contributed by atoms with van der Waals surface area (Å²) in [7, 11) is 1.93. The number of amides is 2. The second-order valence-electron chi connectivity index (χ2n) is 7.36. The fourth-order valence-corrected chi connectivity index (χ4v) is 4.12. The number of nitrogens with zero attached hydrogens (tertiary/aromatic N) is 2. The lowest BCUT2D eigenvalue weighted by Gasteiger charge is -2.35. The van der Waals surface area contributed by atoms with E-state index in [4.69, 9.17) is 0 Å². The number of piperidine rings is 1. The highest BCUT2D eigenvalue weighted by Gasteiger charge is 2.38. The highest BCUT2D eigenvalue weighted by molar-refractivity contribution is 6.00. The number of nitrogens with one attached hydrogen (secondary N) is 1. The average molecular weight is 432 g/mol. The van der Waals surface area contributed by atoms with Gasteiger partial charge in [0.05, 0.1) is 5.56 Å². The van der Waals surface area contributed by atoms with Crippen molar-refractivity contribution < 1.29 is 23.1 Å². The van der Waals surface area contributed by atoms with E-state index in [1.807, 2.05) is 11.9 Å². The van der Waals surface area contributed by atoms with Crippen molar-refractivity contribution >= 4 is 24.2 Å². The zero-order valence-corrected chi connectivity index (χ0v) is 17.3. The van der Waals surface area contributed by atoms with Gasteiger partial charge in [-0.1, -0.05) is 12.1 Å². The maximum Gasteiger partial charge on any atom is 0.387 e. The van der Waals surface area contributed by atoms with Crippen LogP contribution in [0.25, 0.3) is 0 Å². The van der Waals surface area contributed by atoms with Crippen molar-refractivity contribution in [2.75, 3.05) is 33.2 Å². The summed E-state index contributed by atoms with van der Waals surface area (Å²) in [4.78, 5) is 29.4. The van der Waals surface area contributed by atoms with Crippen molar-refractivity contribution in [1.29, 1.82) is 0 Å². The van der Waals surface area contributed by atoms with E-state index in [1.165, 1.54) is 23.1 Å². The minimum atomic E-state index is -3.01. The summed E-state index contributed by atoms with van der Waals surface area (Å²) in [6, 6.07) is 5.41. The van der Waals surface area contributed by atoms with Crippen molar-refractivity contribution in [3.63, 3.8) is 0 Å². The minimum absolute atomic E-state index is 0. The van der Waals surface area contributed by atoms with Crippen LogP contribution in [0, 0.1) is 5.92 Å². The number of para-hydroxylation sites is 1. The van der Waals surface area contributed by atoms with Gasteiger partial charge in [0.15, 0.2) is 0 Å². The standard InChI is InChI=1S/C20H27F2N3O3.ClH/c1-23-13-14-8-11-24(12-9-14)19(27)16-6-4-10-25(16)18(26)15-5-2-3-7-17(15)28-20(21)22;/h2-3,5,7,14,16,20,23H,4,6,8-13H2,1H3;1H. The summed E-state index contributed by atoms with van der Waals surface area (Å²) in [5.41, 5.74) is 0.0650. The molecule has 1 aromatic carbocycles. The lowest BCUT2D eigenvalue weighted by atomic mass is 9.96. The van der Waals surface area contributed by atoms with Gasteiger partial charge in [-0.3, -0.25) is 9.59 Å². The SMILES string of the molecule is CNCC1CCN(C(=O)C2CCCN2C(=O)c2ccccc2OC(F)F)CC1.Cl. The molecule has 2 saturated heterocycles. The van der Waals surface area contributed by atoms with Crippen LogP contribution < -0.4 is 10.1 Å². The number of hydrogen-bond donors (Lipinski definition) is 1. The Bertz CT molecular complexity index is 699. The number of alkyl halides is 2. The van der Waals surface area contributed by atoms with Crippen molar-refractivity contribution in [3.05, 3.63) is 29.8 Å². The van der Waals surface area contributed by atoms with Gasteiger partial charge in [-0.2, -0.15) is 8.78 Å². The maximum absolute atomic E-state index is 13.0. The molecule has 0 aliphatic carbocycles. The van der Waals surface area contributed by atoms with E-state index in [9.17, 15) is 18.4 Å². The van der Waals surface area contributed by atoms with Crippen LogP contribution in [0.1, 0.15) is 36.0 Å². The summed E-state index contributed by atoms with van der Waals surface area (Å²) in [6.07, 6.45) is 3.20. The van der Waals surface area contributed by atoms with E-state index in [-0.39, 0.29) is 29.6 Å². The minimum Gasteiger partial charge on any atom is -0.434 e. The van der Waals surface area contributed by atoms with Crippen LogP contribution in [-0.4, -0.2) is 67.5 Å². The molecule has 1 atom stereocenters. The monoisotopic (exact) mass is 431 g/mol. The predicted octanol–water partition coefficient (Wildman–Crippen LogP) is 2.77. The summed E-state index contributed by atoms with van der Waals surface area (Å²) in [5.74, 6) is -0.0691. The molecule has 1 N–H and O–H groups in total. The first-order valence-electron chi connectivity index (χ1n) is 9.79. The van der Waals surface area contributed by atoms with Gasteiger partial charge >= 0.3 is 6.61 Å². The Hall–Kier alpha value is -1.93. The van der Waals surface area contributed by atoms with Gasteiger partial charge in [-0.25, -0.2) is 0 Å². The largest absolute Gasteiger partial charge is 0.434 e. The molecule has 6 nitrogen and oxygen atoms in total. The third-order valence-electron chi connectivity index (χ3n) is 5.55. The molecule has 2 fully saturated rings. The molecule has 162 valence electrons. The highest BCUT2D eigenvalue weighted by Crippen LogP contribution is 2.28. The quantitative estimate of drug-likeness (QED) is 0.752. The lowest BCUT2D eigenvalue weighted by molar-refractivity contribution is -0.136. The van der Waals surface area contributed by atoms with Gasteiger partial charge in [-0.05, 0) is 57.3 Å². The van der Waals surface area contributed by atoms with Crippen LogP contribution in [-0.2, 0) is 4.79 Å². The summed E-state index contributed by atoms with van der Waals surface area (Å²) >= 11 is 0. The molecule has 0 bridgehead atoms. The zero-order valence-electron chi connectivity index (χ0n) is 16.5. The average Bonchev–Trinajstić information content (AvgIpc) is 3.17. The number of carbonyl (C=O) groups is 2. The molecule has 2 aliphatic rings. The Kier molecular flexibility index (Phi) is 8.64. The molecule has 2 heterocycles. The van der Waals surface area contributed by atoms with Crippen LogP contribution >= 0.6 is 12.4 Å². The molecule has 29 heavy (non-hydrogen) atoms. The van der Waals surface area contributed by atoms with Gasteiger partial charge in [0.25, 0.3) is 5.91 Å². The highest BCUT2D eigenvalue weighted by atomic mass is 35.5. The smallest absolute Gasteiger partial charge is 0.387 e. The lowest BCUT2D eigenvalue weighted by Crippen LogP contribution is -2.50. The molecule has 0 radical (unpaired) electrons. The normalized spacial score (nSPS) is 19.9. The fourth-order valence-electron chi connectivity index (χ4n) is 4.12. The molecule has 9 heteroatoms. The van der Waals surface area contributed by atoms with Gasteiger partial charge in [0.2, 0.25) is 5.91 Å². The predicted molar refractivity (Wildman–Crippen MR) is 108 cm³/mol. The second-order valence-corrected chi connectivity index (χ2v) is 7.36. The first kappa shape index (κ1) is 23.3. The number of halogens is 3. The van der Waals surface area contributed by atoms with Crippen molar-refractivity contribution in [1.82, 2.24) is 15.1 Å². The maximum atomic E-state index is 13.0. The van der Waals surface area contributed by atoms with Gasteiger partial charge in [-0.15, -0.1) is 12.4 Å². The number of rotatable bonds is 6. The summed E-state index contributed by atoms with van der Waals surface area (Å²) < 4.78 is 29.8. The molecule has 1 unspecified atom stereocenters. The summed E-state index contributed by atoms with van der Waals surface area (Å²) in [6.45, 7) is -0.251. The van der Waals surface area contributed by atoms with Crippen LogP contribution in [0.3, 0.4) is 0 Å². The van der Waals surface area contributed by atoms with Crippen LogP contribution in [0.15, 0.2) is 24.3 Å². The van der Waals surface area contributed by atoms with Crippen molar-refractivity contribution in [3.8, 4) is 5.75 Å². The molecule has 2 amide bonds. The first-order chi connectivity index (χ1) is 13.5. The van der Waals surface area contributed by atoms with Crippen LogP contribution in [0.4, 0.5) is 8.78 Å². The van der Waals surface area contributed by atoms with Gasteiger partial charge < -0.3 is 19.9 Å². The number of carbonyl (C=O) groups excluding carboxylic acids is 2. The first-order valence-corrected chi connectivity index (χ1v) is 9.79. The molecule has 0 aromatic heterocycles. The van der Waals surface area contributed by atoms with Gasteiger partial charge in [0, 0.05) is 19.6 Å². The van der Waals surface area contributed by atoms with Crippen molar-refractivity contribution in [2.24, 2.45) is 5.92 Å². The molecule has 3 rings (SSSR count). The Morgan fingerprint density at radius 1 is 1.17 bits per heavy atom. The Morgan fingerprint density at radius 3 is 2.52 bits per heavy atom. The summed E-state index contributed by atoms with van der Waals surface area (Å²) in [5, 5.41) is 3.17. The zero-order chi connectivity index (χ0) is 20.1. The number of hydrogen-bond acceptors (Lipinski definition) is 4. The number of likely N-dealkylation sites (tertiary alicyclic amines) is 2. The second kappa shape index (κ2) is 10.7. The molecule has 0 spiro atoms. The number of benzene rings is 1. The van der Waals surface area contributed by atoms with Gasteiger partial charge in [0.1, 0.15) is 11.8 Å². The van der Waals surface area contributed by atoms with Crippen molar-refractivity contribution in [2.45, 2.75) is 38.3 Å². The Morgan fingerprint density at radius 2 is 1.86 bits per heavy atom. The molecular formula is C20H28ClF2N3O3. The molecular weight excluding hydrogens is 404 g/mol. The third kappa shape index (κ3) is 5.57. The van der Waals surface area contributed by atoms with E-state index < -0.39 is 18.6 Å². The van der Waals surface area contributed by atoms with E-state index >= 15 is 0 Å².